The third kappa shape index (κ3) is 2.61. The number of nitrogens with zero attached hydrogens (tertiary/aromatic N) is 1. The van der Waals surface area contributed by atoms with E-state index in [0.29, 0.717) is 12.0 Å². The monoisotopic (exact) mass is 238 g/mol. The first-order chi connectivity index (χ1) is 8.00. The first-order valence-electron chi connectivity index (χ1n) is 5.72. The van der Waals surface area contributed by atoms with Crippen molar-refractivity contribution in [2.75, 3.05) is 0 Å². The number of halogens is 1. The van der Waals surface area contributed by atoms with Gasteiger partial charge in [-0.05, 0) is 31.4 Å². The molecule has 92 valence electrons. The lowest BCUT2D eigenvalue weighted by Gasteiger charge is -2.23. The van der Waals surface area contributed by atoms with Crippen LogP contribution in [0.4, 0.5) is 10.1 Å². The second-order valence-electron chi connectivity index (χ2n) is 4.78. The van der Waals surface area contributed by atoms with Crippen LogP contribution in [0.25, 0.3) is 0 Å². The van der Waals surface area contributed by atoms with E-state index in [9.17, 15) is 14.5 Å². The van der Waals surface area contributed by atoms with Gasteiger partial charge in [0.25, 0.3) is 5.69 Å². The topological polar surface area (TPSA) is 69.2 Å². The molecule has 5 heteroatoms. The molecule has 1 aromatic carbocycles. The summed E-state index contributed by atoms with van der Waals surface area (Å²) in [5.74, 6) is -0.452. The molecule has 0 amide bonds. The van der Waals surface area contributed by atoms with Gasteiger partial charge in [-0.15, -0.1) is 0 Å². The molecule has 0 spiro atoms. The van der Waals surface area contributed by atoms with E-state index < -0.39 is 16.3 Å². The minimum Gasteiger partial charge on any atom is -0.325 e. The molecule has 0 radical (unpaired) electrons. The molecule has 0 saturated heterocycles. The number of nitro groups is 1. The van der Waals surface area contributed by atoms with Gasteiger partial charge in [-0.1, -0.05) is 12.8 Å². The van der Waals surface area contributed by atoms with E-state index in [2.05, 4.69) is 0 Å². The third-order valence-electron chi connectivity index (χ3n) is 3.38. The van der Waals surface area contributed by atoms with Gasteiger partial charge in [0.05, 0.1) is 4.92 Å². The van der Waals surface area contributed by atoms with Gasteiger partial charge < -0.3 is 5.73 Å². The molecule has 2 rings (SSSR count). The molecule has 1 aromatic rings. The van der Waals surface area contributed by atoms with E-state index in [1.54, 1.807) is 0 Å². The highest BCUT2D eigenvalue weighted by Gasteiger charge is 2.31. The molecular formula is C12H15FN2O2. The number of rotatable bonds is 3. The van der Waals surface area contributed by atoms with Crippen molar-refractivity contribution < 1.29 is 9.31 Å². The van der Waals surface area contributed by atoms with Gasteiger partial charge in [0.2, 0.25) is 0 Å². The van der Waals surface area contributed by atoms with E-state index in [0.717, 1.165) is 31.7 Å². The summed E-state index contributed by atoms with van der Waals surface area (Å²) in [5, 5.41) is 10.9. The van der Waals surface area contributed by atoms with Crippen molar-refractivity contribution in [3.05, 3.63) is 39.7 Å². The second kappa shape index (κ2) is 4.41. The highest BCUT2D eigenvalue weighted by molar-refractivity contribution is 5.41. The predicted molar refractivity (Wildman–Crippen MR) is 62.1 cm³/mol. The zero-order chi connectivity index (χ0) is 12.5. The molecule has 17 heavy (non-hydrogen) atoms. The minimum atomic E-state index is -0.479. The Labute approximate surface area is 98.8 Å². The third-order valence-corrected chi connectivity index (χ3v) is 3.38. The van der Waals surface area contributed by atoms with E-state index >= 15 is 0 Å². The average molecular weight is 238 g/mol. The molecule has 0 bridgehead atoms. The van der Waals surface area contributed by atoms with Crippen molar-refractivity contribution in [1.29, 1.82) is 0 Å². The number of hydrogen-bond acceptors (Lipinski definition) is 3. The number of benzene rings is 1. The fourth-order valence-corrected chi connectivity index (χ4v) is 2.51. The van der Waals surface area contributed by atoms with Crippen LogP contribution in [0.3, 0.4) is 0 Å². The molecule has 4 nitrogen and oxygen atoms in total. The molecule has 0 unspecified atom stereocenters. The largest absolute Gasteiger partial charge is 0.325 e. The normalized spacial score (nSPS) is 18.2. The van der Waals surface area contributed by atoms with E-state index in [4.69, 9.17) is 5.73 Å². The van der Waals surface area contributed by atoms with Gasteiger partial charge in [-0.3, -0.25) is 10.1 Å². The lowest BCUT2D eigenvalue weighted by molar-refractivity contribution is -0.385. The first-order valence-corrected chi connectivity index (χ1v) is 5.72. The molecule has 2 N–H and O–H groups in total. The van der Waals surface area contributed by atoms with E-state index in [1.807, 2.05) is 0 Å². The molecule has 1 saturated carbocycles. The van der Waals surface area contributed by atoms with Crippen LogP contribution in [0, 0.1) is 15.9 Å². The van der Waals surface area contributed by atoms with Crippen LogP contribution < -0.4 is 5.73 Å². The molecule has 0 heterocycles. The van der Waals surface area contributed by atoms with Crippen LogP contribution in [-0.2, 0) is 6.42 Å². The van der Waals surface area contributed by atoms with Crippen molar-refractivity contribution in [2.24, 2.45) is 5.73 Å². The lowest BCUT2D eigenvalue weighted by atomic mass is 9.89. The Bertz CT molecular complexity index is 442. The van der Waals surface area contributed by atoms with Gasteiger partial charge in [-0.2, -0.15) is 0 Å². The second-order valence-corrected chi connectivity index (χ2v) is 4.78. The maximum Gasteiger partial charge on any atom is 0.272 e. The Morgan fingerprint density at radius 1 is 1.41 bits per heavy atom. The number of hydrogen-bond donors (Lipinski definition) is 1. The van der Waals surface area contributed by atoms with Crippen LogP contribution in [-0.4, -0.2) is 10.5 Å². The van der Waals surface area contributed by atoms with Crippen molar-refractivity contribution in [1.82, 2.24) is 0 Å². The van der Waals surface area contributed by atoms with Crippen molar-refractivity contribution in [2.45, 2.75) is 37.6 Å². The van der Waals surface area contributed by atoms with Gasteiger partial charge in [0, 0.05) is 17.2 Å². The maximum atomic E-state index is 13.1. The zero-order valence-corrected chi connectivity index (χ0v) is 9.49. The van der Waals surface area contributed by atoms with Crippen molar-refractivity contribution in [3.8, 4) is 0 Å². The first kappa shape index (κ1) is 12.0. The van der Waals surface area contributed by atoms with E-state index in [1.165, 1.54) is 12.1 Å². The summed E-state index contributed by atoms with van der Waals surface area (Å²) in [7, 11) is 0. The summed E-state index contributed by atoms with van der Waals surface area (Å²) >= 11 is 0. The SMILES string of the molecule is NC1(Cc2cc(F)ccc2[N+](=O)[O-])CCCC1. The quantitative estimate of drug-likeness (QED) is 0.649. The van der Waals surface area contributed by atoms with E-state index in [-0.39, 0.29) is 5.69 Å². The highest BCUT2D eigenvalue weighted by Crippen LogP contribution is 2.33. The van der Waals surface area contributed by atoms with Crippen LogP contribution in [0.2, 0.25) is 0 Å². The van der Waals surface area contributed by atoms with Gasteiger partial charge in [0.15, 0.2) is 0 Å². The summed E-state index contributed by atoms with van der Waals surface area (Å²) in [6.45, 7) is 0. The smallest absolute Gasteiger partial charge is 0.272 e. The summed E-state index contributed by atoms with van der Waals surface area (Å²) in [6.07, 6.45) is 4.15. The van der Waals surface area contributed by atoms with Crippen molar-refractivity contribution >= 4 is 5.69 Å². The molecule has 0 aromatic heterocycles. The Balaban J connectivity index is 2.30. The Kier molecular flexibility index (Phi) is 3.11. The van der Waals surface area contributed by atoms with Gasteiger partial charge in [0.1, 0.15) is 5.82 Å². The van der Waals surface area contributed by atoms with Crippen molar-refractivity contribution in [3.63, 3.8) is 0 Å². The fourth-order valence-electron chi connectivity index (χ4n) is 2.51. The molecule has 1 aliphatic rings. The molecular weight excluding hydrogens is 223 g/mol. The molecule has 0 aliphatic heterocycles. The lowest BCUT2D eigenvalue weighted by Crippen LogP contribution is -2.38. The summed E-state index contributed by atoms with van der Waals surface area (Å²) in [6, 6.07) is 3.55. The van der Waals surface area contributed by atoms with Crippen LogP contribution in [0.15, 0.2) is 18.2 Å². The van der Waals surface area contributed by atoms with Gasteiger partial charge in [-0.25, -0.2) is 4.39 Å². The maximum absolute atomic E-state index is 13.1. The average Bonchev–Trinajstić information content (AvgIpc) is 2.64. The summed E-state index contributed by atoms with van der Waals surface area (Å²) < 4.78 is 13.1. The standard InChI is InChI=1S/C12H15FN2O2/c13-10-3-4-11(15(16)17)9(7-10)8-12(14)5-1-2-6-12/h3-4,7H,1-2,5-6,8,14H2. The van der Waals surface area contributed by atoms with Crippen LogP contribution in [0.1, 0.15) is 31.2 Å². The van der Waals surface area contributed by atoms with Crippen LogP contribution in [0.5, 0.6) is 0 Å². The Morgan fingerprint density at radius 3 is 2.65 bits per heavy atom. The summed E-state index contributed by atoms with van der Waals surface area (Å²) in [5.41, 5.74) is 6.12. The number of nitro benzene ring substituents is 1. The zero-order valence-electron chi connectivity index (χ0n) is 9.49. The Morgan fingerprint density at radius 2 is 2.06 bits per heavy atom. The number of nitrogens with two attached hydrogens (primary N) is 1. The molecule has 1 fully saturated rings. The predicted octanol–water partition coefficient (Wildman–Crippen LogP) is 2.55. The van der Waals surface area contributed by atoms with Crippen LogP contribution >= 0.6 is 0 Å². The molecule has 1 aliphatic carbocycles. The van der Waals surface area contributed by atoms with Gasteiger partial charge >= 0.3 is 0 Å². The Hall–Kier alpha value is -1.49. The highest BCUT2D eigenvalue weighted by atomic mass is 19.1. The minimum absolute atomic E-state index is 0.0388. The summed E-state index contributed by atoms with van der Waals surface area (Å²) in [4.78, 5) is 10.4. The molecule has 0 atom stereocenters. The fraction of sp³-hybridized carbons (Fsp3) is 0.500.